The van der Waals surface area contributed by atoms with Gasteiger partial charge >= 0.3 is 5.97 Å². The number of hydrogen-bond donors (Lipinski definition) is 0. The van der Waals surface area contributed by atoms with Crippen LogP contribution in [0, 0.1) is 17.0 Å². The molecule has 0 amide bonds. The van der Waals surface area contributed by atoms with E-state index in [9.17, 15) is 19.7 Å². The summed E-state index contributed by atoms with van der Waals surface area (Å²) in [6.45, 7) is 3.23. The molecule has 0 fully saturated rings. The number of methoxy groups -OCH3 is 1. The van der Waals surface area contributed by atoms with Crippen molar-refractivity contribution < 1.29 is 28.7 Å². The standard InChI is InChI=1S/C19H19NO7/c1-4-26-18-10-14(7-8-17(18)25-3)19(22)27-11-16(21)13-6-5-12(2)15(9-13)20(23)24/h5-10H,4,11H2,1-3H3. The number of nitrogens with zero attached hydrogens (tertiary/aromatic N) is 1. The fourth-order valence-corrected chi connectivity index (χ4v) is 2.35. The number of esters is 1. The molecule has 0 aliphatic rings. The summed E-state index contributed by atoms with van der Waals surface area (Å²) in [5.74, 6) is -0.398. The Bertz CT molecular complexity index is 876. The maximum atomic E-state index is 12.2. The Morgan fingerprint density at radius 3 is 2.41 bits per heavy atom. The van der Waals surface area contributed by atoms with Crippen LogP contribution in [0.15, 0.2) is 36.4 Å². The molecule has 2 aromatic rings. The van der Waals surface area contributed by atoms with Crippen LogP contribution in [0.3, 0.4) is 0 Å². The maximum absolute atomic E-state index is 12.2. The van der Waals surface area contributed by atoms with Crippen LogP contribution in [0.25, 0.3) is 0 Å². The first-order valence-corrected chi connectivity index (χ1v) is 8.13. The lowest BCUT2D eigenvalue weighted by Gasteiger charge is -2.11. The van der Waals surface area contributed by atoms with Crippen molar-refractivity contribution in [3.63, 3.8) is 0 Å². The fraction of sp³-hybridized carbons (Fsp3) is 0.263. The van der Waals surface area contributed by atoms with Crippen LogP contribution in [-0.2, 0) is 4.74 Å². The van der Waals surface area contributed by atoms with Crippen LogP contribution >= 0.6 is 0 Å². The molecule has 27 heavy (non-hydrogen) atoms. The Balaban J connectivity index is 2.09. The molecular weight excluding hydrogens is 354 g/mol. The van der Waals surface area contributed by atoms with Crippen LogP contribution in [0.2, 0.25) is 0 Å². The molecule has 0 aliphatic heterocycles. The van der Waals surface area contributed by atoms with Gasteiger partial charge in [-0.15, -0.1) is 0 Å². The Kier molecular flexibility index (Phi) is 6.48. The summed E-state index contributed by atoms with van der Waals surface area (Å²) in [6.07, 6.45) is 0. The maximum Gasteiger partial charge on any atom is 0.338 e. The second-order valence-corrected chi connectivity index (χ2v) is 5.56. The van der Waals surface area contributed by atoms with Crippen molar-refractivity contribution >= 4 is 17.4 Å². The summed E-state index contributed by atoms with van der Waals surface area (Å²) >= 11 is 0. The largest absolute Gasteiger partial charge is 0.493 e. The number of ether oxygens (including phenoxy) is 3. The molecule has 0 spiro atoms. The highest BCUT2D eigenvalue weighted by Crippen LogP contribution is 2.28. The first kappa shape index (κ1) is 19.9. The first-order chi connectivity index (χ1) is 12.9. The number of carbonyl (C=O) groups excluding carboxylic acids is 2. The van der Waals surface area contributed by atoms with Crippen LogP contribution in [-0.4, -0.2) is 37.0 Å². The molecule has 0 bridgehead atoms. The molecule has 0 unspecified atom stereocenters. The smallest absolute Gasteiger partial charge is 0.338 e. The number of Topliss-reactive ketones (excluding diaryl/α,β-unsaturated/α-hetero) is 1. The molecule has 2 rings (SSSR count). The van der Waals surface area contributed by atoms with Gasteiger partial charge in [0.05, 0.1) is 24.2 Å². The molecule has 142 valence electrons. The average Bonchev–Trinajstić information content (AvgIpc) is 2.66. The van der Waals surface area contributed by atoms with E-state index in [-0.39, 0.29) is 16.8 Å². The van der Waals surface area contributed by atoms with Gasteiger partial charge < -0.3 is 14.2 Å². The predicted octanol–water partition coefficient (Wildman–Crippen LogP) is 3.35. The highest BCUT2D eigenvalue weighted by atomic mass is 16.6. The van der Waals surface area contributed by atoms with Crippen molar-refractivity contribution in [2.24, 2.45) is 0 Å². The second-order valence-electron chi connectivity index (χ2n) is 5.56. The molecule has 2 aromatic carbocycles. The van der Waals surface area contributed by atoms with Gasteiger partial charge in [0.2, 0.25) is 5.78 Å². The van der Waals surface area contributed by atoms with Gasteiger partial charge in [-0.05, 0) is 32.0 Å². The molecule has 0 atom stereocenters. The highest BCUT2D eigenvalue weighted by molar-refractivity contribution is 6.00. The zero-order valence-corrected chi connectivity index (χ0v) is 15.2. The average molecular weight is 373 g/mol. The molecule has 0 radical (unpaired) electrons. The molecule has 8 nitrogen and oxygen atoms in total. The van der Waals surface area contributed by atoms with Crippen molar-refractivity contribution in [2.45, 2.75) is 13.8 Å². The minimum absolute atomic E-state index is 0.102. The molecule has 0 saturated carbocycles. The van der Waals surface area contributed by atoms with Crippen molar-refractivity contribution in [2.75, 3.05) is 20.3 Å². The van der Waals surface area contributed by atoms with E-state index < -0.39 is 23.3 Å². The lowest BCUT2D eigenvalue weighted by molar-refractivity contribution is -0.385. The molecule has 0 aliphatic carbocycles. The molecule has 8 heteroatoms. The zero-order chi connectivity index (χ0) is 20.0. The van der Waals surface area contributed by atoms with E-state index in [1.807, 2.05) is 0 Å². The number of hydrogen-bond acceptors (Lipinski definition) is 7. The highest BCUT2D eigenvalue weighted by Gasteiger charge is 2.18. The van der Waals surface area contributed by atoms with Gasteiger partial charge in [-0.2, -0.15) is 0 Å². The van der Waals surface area contributed by atoms with Crippen molar-refractivity contribution in [3.8, 4) is 11.5 Å². The van der Waals surface area contributed by atoms with Crippen LogP contribution in [0.1, 0.15) is 33.2 Å². The lowest BCUT2D eigenvalue weighted by Crippen LogP contribution is -2.14. The minimum atomic E-state index is -0.714. The first-order valence-electron chi connectivity index (χ1n) is 8.13. The SMILES string of the molecule is CCOc1cc(C(=O)OCC(=O)c2ccc(C)c([N+](=O)[O-])c2)ccc1OC. The number of carbonyl (C=O) groups is 2. The van der Waals surface area contributed by atoms with E-state index in [1.54, 1.807) is 19.9 Å². The van der Waals surface area contributed by atoms with Gasteiger partial charge in [0, 0.05) is 17.2 Å². The molecule has 0 N–H and O–H groups in total. The lowest BCUT2D eigenvalue weighted by atomic mass is 10.1. The third-order valence-corrected chi connectivity index (χ3v) is 3.76. The third kappa shape index (κ3) is 4.81. The van der Waals surface area contributed by atoms with Crippen molar-refractivity contribution in [1.82, 2.24) is 0 Å². The van der Waals surface area contributed by atoms with Gasteiger partial charge in [-0.25, -0.2) is 4.79 Å². The van der Waals surface area contributed by atoms with Crippen molar-refractivity contribution in [3.05, 3.63) is 63.2 Å². The van der Waals surface area contributed by atoms with Crippen LogP contribution in [0.5, 0.6) is 11.5 Å². The van der Waals surface area contributed by atoms with Crippen LogP contribution in [0.4, 0.5) is 5.69 Å². The van der Waals surface area contributed by atoms with E-state index in [0.29, 0.717) is 23.7 Å². The summed E-state index contributed by atoms with van der Waals surface area (Å²) in [4.78, 5) is 34.8. The van der Waals surface area contributed by atoms with E-state index in [1.165, 1.54) is 37.4 Å². The van der Waals surface area contributed by atoms with Crippen LogP contribution < -0.4 is 9.47 Å². The molecule has 0 aromatic heterocycles. The second kappa shape index (κ2) is 8.79. The molecular formula is C19H19NO7. The fourth-order valence-electron chi connectivity index (χ4n) is 2.35. The number of rotatable bonds is 8. The topological polar surface area (TPSA) is 105 Å². The Hall–Kier alpha value is -3.42. The Labute approximate surface area is 155 Å². The van der Waals surface area contributed by atoms with Gasteiger partial charge in [0.25, 0.3) is 5.69 Å². The zero-order valence-electron chi connectivity index (χ0n) is 15.2. The number of nitro groups is 1. The number of aryl methyl sites for hydroxylation is 1. The van der Waals surface area contributed by atoms with Gasteiger partial charge in [0.15, 0.2) is 18.1 Å². The van der Waals surface area contributed by atoms with E-state index >= 15 is 0 Å². The predicted molar refractivity (Wildman–Crippen MR) is 96.6 cm³/mol. The van der Waals surface area contributed by atoms with Gasteiger partial charge in [-0.1, -0.05) is 12.1 Å². The summed E-state index contributed by atoms with van der Waals surface area (Å²) in [7, 11) is 1.48. The van der Waals surface area contributed by atoms with Gasteiger partial charge in [0.1, 0.15) is 0 Å². The molecule has 0 saturated heterocycles. The Morgan fingerprint density at radius 2 is 1.78 bits per heavy atom. The number of ketones is 1. The van der Waals surface area contributed by atoms with Gasteiger partial charge in [-0.3, -0.25) is 14.9 Å². The van der Waals surface area contributed by atoms with E-state index in [0.717, 1.165) is 0 Å². The van der Waals surface area contributed by atoms with E-state index in [2.05, 4.69) is 0 Å². The quantitative estimate of drug-likeness (QED) is 0.302. The summed E-state index contributed by atoms with van der Waals surface area (Å²) in [5, 5.41) is 11.0. The number of benzene rings is 2. The summed E-state index contributed by atoms with van der Waals surface area (Å²) in [6, 6.07) is 8.62. The molecule has 0 heterocycles. The summed E-state index contributed by atoms with van der Waals surface area (Å²) < 4.78 is 15.6. The van der Waals surface area contributed by atoms with Crippen molar-refractivity contribution in [1.29, 1.82) is 0 Å². The third-order valence-electron chi connectivity index (χ3n) is 3.76. The summed E-state index contributed by atoms with van der Waals surface area (Å²) in [5.41, 5.74) is 0.575. The normalized spacial score (nSPS) is 10.2. The number of nitro benzene ring substituents is 1. The Morgan fingerprint density at radius 1 is 1.07 bits per heavy atom. The monoisotopic (exact) mass is 373 g/mol. The van der Waals surface area contributed by atoms with E-state index in [4.69, 9.17) is 14.2 Å². The minimum Gasteiger partial charge on any atom is -0.493 e.